The van der Waals surface area contributed by atoms with Crippen molar-refractivity contribution >= 4 is 29.0 Å². The fraction of sp³-hybridized carbons (Fsp3) is 0.471. The highest BCUT2D eigenvalue weighted by atomic mass is 35.5. The summed E-state index contributed by atoms with van der Waals surface area (Å²) in [6.07, 6.45) is 3.11. The van der Waals surface area contributed by atoms with Gasteiger partial charge in [0.2, 0.25) is 0 Å². The summed E-state index contributed by atoms with van der Waals surface area (Å²) in [6.45, 7) is 1.77. The molecule has 110 valence electrons. The molecular weight excluding hydrogens is 288 g/mol. The fourth-order valence-electron chi connectivity index (χ4n) is 3.74. The lowest BCUT2D eigenvalue weighted by atomic mass is 9.71. The van der Waals surface area contributed by atoms with Gasteiger partial charge in [0.1, 0.15) is 5.92 Å². The summed E-state index contributed by atoms with van der Waals surface area (Å²) in [6, 6.07) is 4.92. The second kappa shape index (κ2) is 5.38. The lowest BCUT2D eigenvalue weighted by Gasteiger charge is -2.28. The monoisotopic (exact) mass is 304 g/mol. The largest absolute Gasteiger partial charge is 0.298 e. The molecular formula is C17H17ClO3. The Morgan fingerprint density at radius 3 is 2.71 bits per heavy atom. The van der Waals surface area contributed by atoms with E-state index in [-0.39, 0.29) is 29.2 Å². The van der Waals surface area contributed by atoms with E-state index in [1.807, 2.05) is 0 Å². The van der Waals surface area contributed by atoms with Crippen LogP contribution in [0, 0.1) is 24.7 Å². The number of benzene rings is 1. The van der Waals surface area contributed by atoms with Crippen LogP contribution in [0.3, 0.4) is 0 Å². The molecule has 1 aromatic rings. The molecule has 1 aromatic carbocycles. The first-order valence-corrected chi connectivity index (χ1v) is 7.73. The van der Waals surface area contributed by atoms with E-state index in [1.54, 1.807) is 25.1 Å². The minimum Gasteiger partial charge on any atom is -0.298 e. The third-order valence-corrected chi connectivity index (χ3v) is 5.05. The summed E-state index contributed by atoms with van der Waals surface area (Å²) in [5.41, 5.74) is 1.14. The topological polar surface area (TPSA) is 51.2 Å². The first-order chi connectivity index (χ1) is 9.99. The van der Waals surface area contributed by atoms with E-state index in [0.29, 0.717) is 22.6 Å². The average Bonchev–Trinajstić information content (AvgIpc) is 2.86. The first kappa shape index (κ1) is 14.5. The van der Waals surface area contributed by atoms with Gasteiger partial charge in [-0.3, -0.25) is 14.4 Å². The zero-order valence-corrected chi connectivity index (χ0v) is 12.7. The zero-order chi connectivity index (χ0) is 15.1. The smallest absolute Gasteiger partial charge is 0.181 e. The van der Waals surface area contributed by atoms with Crippen molar-refractivity contribution in [3.05, 3.63) is 34.3 Å². The van der Waals surface area contributed by atoms with Crippen molar-refractivity contribution in [3.8, 4) is 0 Å². The minimum atomic E-state index is -1.09. The van der Waals surface area contributed by atoms with Crippen molar-refractivity contribution in [1.29, 1.82) is 0 Å². The van der Waals surface area contributed by atoms with E-state index in [9.17, 15) is 14.4 Å². The van der Waals surface area contributed by atoms with Crippen LogP contribution in [0.4, 0.5) is 0 Å². The van der Waals surface area contributed by atoms with E-state index in [4.69, 9.17) is 11.6 Å². The molecule has 0 heterocycles. The standard InChI is InChI=1S/C17H17ClO3/c1-9-7-11(18)5-6-12(9)16(20)15-14(19)8-10-3-2-4-13(10)17(15)21/h5-7,10,13,15H,2-4,8H2,1H3. The summed E-state index contributed by atoms with van der Waals surface area (Å²) < 4.78 is 0. The number of halogens is 1. The second-order valence-corrected chi connectivity index (χ2v) is 6.56. The van der Waals surface area contributed by atoms with E-state index in [2.05, 4.69) is 0 Å². The van der Waals surface area contributed by atoms with Gasteiger partial charge in [-0.05, 0) is 49.4 Å². The van der Waals surface area contributed by atoms with Gasteiger partial charge in [-0.25, -0.2) is 0 Å². The van der Waals surface area contributed by atoms with Gasteiger partial charge in [0.15, 0.2) is 17.3 Å². The predicted octanol–water partition coefficient (Wildman–Crippen LogP) is 3.41. The Kier molecular flexibility index (Phi) is 3.70. The van der Waals surface area contributed by atoms with E-state index in [0.717, 1.165) is 19.3 Å². The number of carbonyl (C=O) groups is 3. The number of Topliss-reactive ketones (excluding diaryl/α,β-unsaturated/α-hetero) is 3. The summed E-state index contributed by atoms with van der Waals surface area (Å²) in [5.74, 6) is -1.74. The van der Waals surface area contributed by atoms with Crippen LogP contribution in [0.25, 0.3) is 0 Å². The Labute approximate surface area is 128 Å². The molecule has 0 aliphatic heterocycles. The first-order valence-electron chi connectivity index (χ1n) is 7.36. The van der Waals surface area contributed by atoms with Gasteiger partial charge < -0.3 is 0 Å². The van der Waals surface area contributed by atoms with Gasteiger partial charge in [-0.2, -0.15) is 0 Å². The van der Waals surface area contributed by atoms with Crippen molar-refractivity contribution in [3.63, 3.8) is 0 Å². The van der Waals surface area contributed by atoms with Gasteiger partial charge in [0.25, 0.3) is 0 Å². The Hall–Kier alpha value is -1.48. The van der Waals surface area contributed by atoms with Crippen LogP contribution in [0.5, 0.6) is 0 Å². The molecule has 3 atom stereocenters. The molecule has 2 aliphatic rings. The number of rotatable bonds is 2. The number of hydrogen-bond acceptors (Lipinski definition) is 3. The van der Waals surface area contributed by atoms with Crippen molar-refractivity contribution in [2.45, 2.75) is 32.6 Å². The molecule has 3 rings (SSSR count). The highest BCUT2D eigenvalue weighted by Gasteiger charge is 2.48. The van der Waals surface area contributed by atoms with Gasteiger partial charge in [0.05, 0.1) is 0 Å². The van der Waals surface area contributed by atoms with Crippen LogP contribution in [-0.2, 0) is 9.59 Å². The number of aryl methyl sites for hydroxylation is 1. The molecule has 4 heteroatoms. The predicted molar refractivity (Wildman–Crippen MR) is 79.5 cm³/mol. The van der Waals surface area contributed by atoms with Crippen molar-refractivity contribution in [2.75, 3.05) is 0 Å². The van der Waals surface area contributed by atoms with Crippen molar-refractivity contribution in [1.82, 2.24) is 0 Å². The maximum atomic E-state index is 12.7. The molecule has 2 saturated carbocycles. The van der Waals surface area contributed by atoms with Crippen molar-refractivity contribution < 1.29 is 14.4 Å². The summed E-state index contributed by atoms with van der Waals surface area (Å²) in [7, 11) is 0. The van der Waals surface area contributed by atoms with Crippen LogP contribution < -0.4 is 0 Å². The fourth-order valence-corrected chi connectivity index (χ4v) is 3.97. The molecule has 0 N–H and O–H groups in total. The number of fused-ring (bicyclic) bond motifs is 1. The molecule has 2 fully saturated rings. The molecule has 3 nitrogen and oxygen atoms in total. The van der Waals surface area contributed by atoms with Crippen LogP contribution in [0.15, 0.2) is 18.2 Å². The molecule has 0 aromatic heterocycles. The molecule has 0 bridgehead atoms. The van der Waals surface area contributed by atoms with E-state index in [1.165, 1.54) is 0 Å². The van der Waals surface area contributed by atoms with Gasteiger partial charge in [0, 0.05) is 22.9 Å². The normalized spacial score (nSPS) is 28.6. The van der Waals surface area contributed by atoms with Crippen LogP contribution >= 0.6 is 11.6 Å². The maximum Gasteiger partial charge on any atom is 0.181 e. The number of carbonyl (C=O) groups excluding carboxylic acids is 3. The zero-order valence-electron chi connectivity index (χ0n) is 11.9. The van der Waals surface area contributed by atoms with E-state index >= 15 is 0 Å². The molecule has 2 aliphatic carbocycles. The number of hydrogen-bond donors (Lipinski definition) is 0. The lowest BCUT2D eigenvalue weighted by molar-refractivity contribution is -0.138. The highest BCUT2D eigenvalue weighted by molar-refractivity contribution is 6.31. The van der Waals surface area contributed by atoms with Gasteiger partial charge >= 0.3 is 0 Å². The van der Waals surface area contributed by atoms with Crippen LogP contribution in [0.1, 0.15) is 41.6 Å². The van der Waals surface area contributed by atoms with Crippen molar-refractivity contribution in [2.24, 2.45) is 17.8 Å². The Balaban J connectivity index is 1.93. The van der Waals surface area contributed by atoms with Crippen LogP contribution in [0.2, 0.25) is 5.02 Å². The molecule has 21 heavy (non-hydrogen) atoms. The second-order valence-electron chi connectivity index (χ2n) is 6.13. The Bertz CT molecular complexity index is 635. The third-order valence-electron chi connectivity index (χ3n) is 4.81. The molecule has 0 amide bonds. The highest BCUT2D eigenvalue weighted by Crippen LogP contribution is 2.41. The molecule has 0 radical (unpaired) electrons. The lowest BCUT2D eigenvalue weighted by Crippen LogP contribution is -2.43. The Morgan fingerprint density at radius 1 is 1.24 bits per heavy atom. The summed E-state index contributed by atoms with van der Waals surface area (Å²) >= 11 is 5.89. The van der Waals surface area contributed by atoms with Gasteiger partial charge in [-0.15, -0.1) is 0 Å². The SMILES string of the molecule is Cc1cc(Cl)ccc1C(=O)C1C(=O)CC2CCCC2C1=O. The van der Waals surface area contributed by atoms with E-state index < -0.39 is 5.92 Å². The molecule has 0 spiro atoms. The van der Waals surface area contributed by atoms with Gasteiger partial charge in [-0.1, -0.05) is 18.0 Å². The molecule has 3 unspecified atom stereocenters. The maximum absolute atomic E-state index is 12.7. The Morgan fingerprint density at radius 2 is 2.00 bits per heavy atom. The third kappa shape index (κ3) is 2.44. The summed E-state index contributed by atoms with van der Waals surface area (Å²) in [5, 5.41) is 0.543. The quantitative estimate of drug-likeness (QED) is 0.621. The van der Waals surface area contributed by atoms with Crippen LogP contribution in [-0.4, -0.2) is 17.3 Å². The minimum absolute atomic E-state index is 0.0933. The average molecular weight is 305 g/mol. The number of ketones is 3. The summed E-state index contributed by atoms with van der Waals surface area (Å²) in [4.78, 5) is 37.5. The molecule has 0 saturated heterocycles.